The molecule has 0 radical (unpaired) electrons. The standard InChI is InChI=1S/C11H14O2S/c1-4-13-11(12)9-6-5-7(2)8(3)10(9)14/h5-6,14H,4H2,1-3H3. The first-order valence-corrected chi connectivity index (χ1v) is 4.99. The molecule has 0 unspecified atom stereocenters. The lowest BCUT2D eigenvalue weighted by Gasteiger charge is -2.09. The van der Waals surface area contributed by atoms with E-state index in [0.717, 1.165) is 11.1 Å². The van der Waals surface area contributed by atoms with Crippen LogP contribution in [0.25, 0.3) is 0 Å². The van der Waals surface area contributed by atoms with E-state index >= 15 is 0 Å². The summed E-state index contributed by atoms with van der Waals surface area (Å²) in [5.41, 5.74) is 2.69. The van der Waals surface area contributed by atoms with Crippen molar-refractivity contribution in [2.45, 2.75) is 25.7 Å². The summed E-state index contributed by atoms with van der Waals surface area (Å²) < 4.78 is 4.92. The summed E-state index contributed by atoms with van der Waals surface area (Å²) in [6.45, 7) is 6.11. The molecule has 1 aromatic rings. The molecule has 2 nitrogen and oxygen atoms in total. The van der Waals surface area contributed by atoms with Crippen LogP contribution in [-0.2, 0) is 4.74 Å². The van der Waals surface area contributed by atoms with Gasteiger partial charge in [0.1, 0.15) is 0 Å². The Bertz CT molecular complexity index is 359. The Morgan fingerprint density at radius 2 is 2.07 bits per heavy atom. The number of carbonyl (C=O) groups is 1. The van der Waals surface area contributed by atoms with E-state index in [1.807, 2.05) is 19.9 Å². The second-order valence-corrected chi connectivity index (χ2v) is 3.57. The number of hydrogen-bond acceptors (Lipinski definition) is 3. The second-order valence-electron chi connectivity index (χ2n) is 3.12. The average molecular weight is 210 g/mol. The Morgan fingerprint density at radius 3 is 2.64 bits per heavy atom. The zero-order chi connectivity index (χ0) is 10.7. The summed E-state index contributed by atoms with van der Waals surface area (Å²) in [6, 6.07) is 3.66. The number of hydrogen-bond donors (Lipinski definition) is 1. The van der Waals surface area contributed by atoms with E-state index in [-0.39, 0.29) is 5.97 Å². The van der Waals surface area contributed by atoms with E-state index in [4.69, 9.17) is 4.74 Å². The SMILES string of the molecule is CCOC(=O)c1ccc(C)c(C)c1S. The van der Waals surface area contributed by atoms with Gasteiger partial charge in [0.2, 0.25) is 0 Å². The first-order chi connectivity index (χ1) is 6.57. The third kappa shape index (κ3) is 2.10. The lowest BCUT2D eigenvalue weighted by molar-refractivity contribution is 0.0522. The van der Waals surface area contributed by atoms with Crippen molar-refractivity contribution in [1.82, 2.24) is 0 Å². The largest absolute Gasteiger partial charge is 0.462 e. The molecule has 0 heterocycles. The molecule has 1 aromatic carbocycles. The van der Waals surface area contributed by atoms with Gasteiger partial charge >= 0.3 is 5.97 Å². The molecule has 0 fully saturated rings. The number of benzene rings is 1. The molecule has 0 aliphatic rings. The van der Waals surface area contributed by atoms with Crippen LogP contribution in [0.3, 0.4) is 0 Å². The van der Waals surface area contributed by atoms with Crippen molar-refractivity contribution in [3.05, 3.63) is 28.8 Å². The maximum Gasteiger partial charge on any atom is 0.339 e. The molecule has 0 bridgehead atoms. The third-order valence-corrected chi connectivity index (χ3v) is 2.77. The van der Waals surface area contributed by atoms with Crippen LogP contribution in [0.4, 0.5) is 0 Å². The monoisotopic (exact) mass is 210 g/mol. The Morgan fingerprint density at radius 1 is 1.43 bits per heavy atom. The highest BCUT2D eigenvalue weighted by molar-refractivity contribution is 7.80. The summed E-state index contributed by atoms with van der Waals surface area (Å²) in [7, 11) is 0. The van der Waals surface area contributed by atoms with Crippen LogP contribution in [0.15, 0.2) is 17.0 Å². The fourth-order valence-electron chi connectivity index (χ4n) is 1.17. The molecular formula is C11H14O2S. The Balaban J connectivity index is 3.11. The van der Waals surface area contributed by atoms with Crippen molar-refractivity contribution < 1.29 is 9.53 Å². The summed E-state index contributed by atoms with van der Waals surface area (Å²) in [4.78, 5) is 12.2. The fourth-order valence-corrected chi connectivity index (χ4v) is 1.52. The summed E-state index contributed by atoms with van der Waals surface area (Å²) in [5.74, 6) is -0.305. The first kappa shape index (κ1) is 11.1. The molecule has 0 aromatic heterocycles. The molecule has 0 saturated heterocycles. The molecular weight excluding hydrogens is 196 g/mol. The molecule has 3 heteroatoms. The Hall–Kier alpha value is -0.960. The lowest BCUT2D eigenvalue weighted by Crippen LogP contribution is -2.06. The normalized spacial score (nSPS) is 10.0. The maximum absolute atomic E-state index is 11.5. The molecule has 0 aliphatic carbocycles. The van der Waals surface area contributed by atoms with Crippen molar-refractivity contribution in [3.63, 3.8) is 0 Å². The van der Waals surface area contributed by atoms with Gasteiger partial charge in [0.15, 0.2) is 0 Å². The van der Waals surface area contributed by atoms with Crippen molar-refractivity contribution in [1.29, 1.82) is 0 Å². The van der Waals surface area contributed by atoms with Crippen LogP contribution in [0.2, 0.25) is 0 Å². The van der Waals surface area contributed by atoms with Crippen LogP contribution < -0.4 is 0 Å². The van der Waals surface area contributed by atoms with Crippen molar-refractivity contribution in [2.24, 2.45) is 0 Å². The van der Waals surface area contributed by atoms with Gasteiger partial charge in [0, 0.05) is 4.90 Å². The highest BCUT2D eigenvalue weighted by Gasteiger charge is 2.12. The quantitative estimate of drug-likeness (QED) is 0.600. The predicted octanol–water partition coefficient (Wildman–Crippen LogP) is 2.77. The highest BCUT2D eigenvalue weighted by Crippen LogP contribution is 2.22. The molecule has 76 valence electrons. The van der Waals surface area contributed by atoms with Crippen LogP contribution in [0.5, 0.6) is 0 Å². The number of thiol groups is 1. The molecule has 0 spiro atoms. The number of aryl methyl sites for hydroxylation is 1. The molecule has 14 heavy (non-hydrogen) atoms. The van der Waals surface area contributed by atoms with Gasteiger partial charge in [0.25, 0.3) is 0 Å². The van der Waals surface area contributed by atoms with E-state index < -0.39 is 0 Å². The highest BCUT2D eigenvalue weighted by atomic mass is 32.1. The lowest BCUT2D eigenvalue weighted by atomic mass is 10.1. The van der Waals surface area contributed by atoms with Gasteiger partial charge in [-0.1, -0.05) is 6.07 Å². The van der Waals surface area contributed by atoms with E-state index in [1.165, 1.54) is 0 Å². The molecule has 0 saturated carbocycles. The topological polar surface area (TPSA) is 26.3 Å². The Labute approximate surface area is 89.7 Å². The minimum absolute atomic E-state index is 0.305. The van der Waals surface area contributed by atoms with Gasteiger partial charge in [-0.25, -0.2) is 4.79 Å². The number of rotatable bonds is 2. The summed E-state index contributed by atoms with van der Waals surface area (Å²) in [6.07, 6.45) is 0. The van der Waals surface area contributed by atoms with Crippen molar-refractivity contribution >= 4 is 18.6 Å². The minimum Gasteiger partial charge on any atom is -0.462 e. The van der Waals surface area contributed by atoms with Crippen LogP contribution >= 0.6 is 12.6 Å². The second kappa shape index (κ2) is 4.51. The van der Waals surface area contributed by atoms with Gasteiger partial charge in [-0.15, -0.1) is 12.6 Å². The van der Waals surface area contributed by atoms with Gasteiger partial charge in [0.05, 0.1) is 12.2 Å². The van der Waals surface area contributed by atoms with E-state index in [0.29, 0.717) is 17.1 Å². The molecule has 0 atom stereocenters. The summed E-state index contributed by atoms with van der Waals surface area (Å²) in [5, 5.41) is 0. The summed E-state index contributed by atoms with van der Waals surface area (Å²) >= 11 is 4.31. The smallest absolute Gasteiger partial charge is 0.339 e. The first-order valence-electron chi connectivity index (χ1n) is 4.54. The van der Waals surface area contributed by atoms with Crippen LogP contribution in [-0.4, -0.2) is 12.6 Å². The van der Waals surface area contributed by atoms with Gasteiger partial charge in [-0.05, 0) is 38.0 Å². The minimum atomic E-state index is -0.305. The average Bonchev–Trinajstić information content (AvgIpc) is 2.15. The molecule has 0 N–H and O–H groups in total. The van der Waals surface area contributed by atoms with E-state index in [1.54, 1.807) is 13.0 Å². The van der Waals surface area contributed by atoms with Gasteiger partial charge in [-0.2, -0.15) is 0 Å². The van der Waals surface area contributed by atoms with Crippen LogP contribution in [0, 0.1) is 13.8 Å². The zero-order valence-electron chi connectivity index (χ0n) is 8.63. The third-order valence-electron chi connectivity index (χ3n) is 2.20. The maximum atomic E-state index is 11.5. The zero-order valence-corrected chi connectivity index (χ0v) is 9.52. The molecule has 0 aliphatic heterocycles. The number of esters is 1. The molecule has 0 amide bonds. The fraction of sp³-hybridized carbons (Fsp3) is 0.364. The Kier molecular flexibility index (Phi) is 3.58. The van der Waals surface area contributed by atoms with Crippen molar-refractivity contribution in [3.8, 4) is 0 Å². The van der Waals surface area contributed by atoms with Crippen LogP contribution in [0.1, 0.15) is 28.4 Å². The number of carbonyl (C=O) groups excluding carboxylic acids is 1. The number of ether oxygens (including phenoxy) is 1. The van der Waals surface area contributed by atoms with Gasteiger partial charge in [-0.3, -0.25) is 0 Å². The molecule has 1 rings (SSSR count). The predicted molar refractivity (Wildman–Crippen MR) is 59.1 cm³/mol. The van der Waals surface area contributed by atoms with Gasteiger partial charge < -0.3 is 4.74 Å². The van der Waals surface area contributed by atoms with Crippen molar-refractivity contribution in [2.75, 3.05) is 6.61 Å². The van der Waals surface area contributed by atoms with E-state index in [9.17, 15) is 4.79 Å². The van der Waals surface area contributed by atoms with E-state index in [2.05, 4.69) is 12.6 Å².